The fraction of sp³-hybridized carbons (Fsp3) is 0.364. The summed E-state index contributed by atoms with van der Waals surface area (Å²) in [7, 11) is 0. The molecule has 1 saturated carbocycles. The minimum Gasteiger partial charge on any atom is -0.299 e. The van der Waals surface area contributed by atoms with E-state index in [0.717, 1.165) is 47.8 Å². The van der Waals surface area contributed by atoms with Gasteiger partial charge in [0.15, 0.2) is 16.8 Å². The van der Waals surface area contributed by atoms with Crippen molar-refractivity contribution in [2.24, 2.45) is 0 Å². The molecule has 0 saturated heterocycles. The second-order valence-corrected chi connectivity index (χ2v) is 8.91. The lowest BCUT2D eigenvalue weighted by atomic mass is 10.0. The molecule has 0 spiro atoms. The predicted octanol–water partition coefficient (Wildman–Crippen LogP) is 4.53. The van der Waals surface area contributed by atoms with Crippen molar-refractivity contribution in [2.45, 2.75) is 55.5 Å². The Labute approximate surface area is 168 Å². The molecular weight excluding hydrogens is 368 g/mol. The van der Waals surface area contributed by atoms with Gasteiger partial charge >= 0.3 is 0 Å². The fourth-order valence-electron chi connectivity index (χ4n) is 3.89. The first kappa shape index (κ1) is 17.6. The lowest BCUT2D eigenvalue weighted by Crippen LogP contribution is -2.15. The highest BCUT2D eigenvalue weighted by atomic mass is 32.2. The Morgan fingerprint density at radius 2 is 1.89 bits per heavy atom. The monoisotopic (exact) mass is 390 g/mol. The molecule has 28 heavy (non-hydrogen) atoms. The van der Waals surface area contributed by atoms with Crippen LogP contribution in [0.3, 0.4) is 0 Å². The number of Topliss-reactive ketones (excluding diaryl/α,β-unsaturated/α-hetero) is 1. The highest BCUT2D eigenvalue weighted by Gasteiger charge is 2.31. The zero-order valence-corrected chi connectivity index (χ0v) is 16.7. The molecule has 2 aliphatic rings. The highest BCUT2D eigenvalue weighted by Crippen LogP contribution is 2.42. The maximum atomic E-state index is 13.0. The van der Waals surface area contributed by atoms with Crippen LogP contribution in [0.5, 0.6) is 0 Å². The second kappa shape index (κ2) is 7.17. The third-order valence-corrected chi connectivity index (χ3v) is 6.61. The number of benzene rings is 1. The van der Waals surface area contributed by atoms with Crippen LogP contribution in [0.4, 0.5) is 0 Å². The minimum absolute atomic E-state index is 0.163. The zero-order chi connectivity index (χ0) is 19.1. The number of ketones is 1. The van der Waals surface area contributed by atoms with Gasteiger partial charge in [-0.2, -0.15) is 0 Å². The molecule has 5 rings (SSSR count). The Kier molecular flexibility index (Phi) is 4.51. The number of hydrogen-bond acceptors (Lipinski definition) is 5. The first-order valence-electron chi connectivity index (χ1n) is 9.88. The van der Waals surface area contributed by atoms with Crippen LogP contribution in [-0.2, 0) is 12.8 Å². The van der Waals surface area contributed by atoms with Gasteiger partial charge in [-0.25, -0.2) is 0 Å². The Morgan fingerprint density at radius 3 is 2.68 bits per heavy atom. The van der Waals surface area contributed by atoms with Crippen molar-refractivity contribution >= 4 is 17.5 Å². The van der Waals surface area contributed by atoms with Gasteiger partial charge in [0.05, 0.1) is 5.25 Å². The third-order valence-electron chi connectivity index (χ3n) is 5.55. The van der Waals surface area contributed by atoms with Crippen LogP contribution in [-0.4, -0.2) is 30.8 Å². The number of hydrogen-bond donors (Lipinski definition) is 0. The minimum atomic E-state index is -0.202. The Morgan fingerprint density at radius 1 is 1.11 bits per heavy atom. The molecule has 3 aromatic rings. The maximum absolute atomic E-state index is 13.0. The van der Waals surface area contributed by atoms with Gasteiger partial charge in [-0.05, 0) is 68.4 Å². The second-order valence-electron chi connectivity index (χ2n) is 7.60. The molecule has 1 fully saturated rings. The zero-order valence-electron chi connectivity index (χ0n) is 15.8. The van der Waals surface area contributed by atoms with Crippen LogP contribution in [0.15, 0.2) is 47.9 Å². The summed E-state index contributed by atoms with van der Waals surface area (Å²) in [5, 5.41) is 9.49. The summed E-state index contributed by atoms with van der Waals surface area (Å²) in [4.78, 5) is 17.1. The molecule has 2 aromatic heterocycles. The molecule has 2 aliphatic carbocycles. The van der Waals surface area contributed by atoms with Gasteiger partial charge < -0.3 is 0 Å². The van der Waals surface area contributed by atoms with Crippen molar-refractivity contribution in [2.75, 3.05) is 0 Å². The quantitative estimate of drug-likeness (QED) is 0.457. The van der Waals surface area contributed by atoms with Crippen molar-refractivity contribution in [1.82, 2.24) is 19.7 Å². The van der Waals surface area contributed by atoms with E-state index in [-0.39, 0.29) is 11.0 Å². The van der Waals surface area contributed by atoms with E-state index in [4.69, 9.17) is 0 Å². The SMILES string of the molecule is CC(Sc1nnc(-c2ccncc2)n1C1CC1)C(=O)c1ccc2c(c1)CCC2. The lowest BCUT2D eigenvalue weighted by Gasteiger charge is -2.13. The maximum Gasteiger partial charge on any atom is 0.192 e. The van der Waals surface area contributed by atoms with E-state index in [1.54, 1.807) is 12.4 Å². The Hall–Kier alpha value is -2.47. The van der Waals surface area contributed by atoms with Crippen molar-refractivity contribution in [3.05, 3.63) is 59.4 Å². The summed E-state index contributed by atoms with van der Waals surface area (Å²) < 4.78 is 2.20. The molecule has 0 radical (unpaired) electrons. The van der Waals surface area contributed by atoms with Crippen molar-refractivity contribution in [3.8, 4) is 11.4 Å². The van der Waals surface area contributed by atoms with Gasteiger partial charge in [0.2, 0.25) is 0 Å². The molecular formula is C22H22N4OS. The van der Waals surface area contributed by atoms with Crippen LogP contribution in [0.1, 0.15) is 53.7 Å². The summed E-state index contributed by atoms with van der Waals surface area (Å²) in [6.45, 7) is 1.97. The number of fused-ring (bicyclic) bond motifs is 1. The van der Waals surface area contributed by atoms with Gasteiger partial charge in [-0.15, -0.1) is 10.2 Å². The van der Waals surface area contributed by atoms with Crippen LogP contribution in [0.25, 0.3) is 11.4 Å². The fourth-order valence-corrected chi connectivity index (χ4v) is 4.88. The molecule has 5 nitrogen and oxygen atoms in total. The van der Waals surface area contributed by atoms with E-state index >= 15 is 0 Å². The number of thioether (sulfide) groups is 1. The average molecular weight is 391 g/mol. The topological polar surface area (TPSA) is 60.7 Å². The number of rotatable bonds is 6. The van der Waals surface area contributed by atoms with E-state index in [1.165, 1.54) is 29.3 Å². The van der Waals surface area contributed by atoms with Gasteiger partial charge in [0.25, 0.3) is 0 Å². The van der Waals surface area contributed by atoms with E-state index in [0.29, 0.717) is 6.04 Å². The smallest absolute Gasteiger partial charge is 0.192 e. The van der Waals surface area contributed by atoms with E-state index in [2.05, 4.69) is 31.9 Å². The number of aromatic nitrogens is 4. The first-order chi connectivity index (χ1) is 13.7. The highest BCUT2D eigenvalue weighted by molar-refractivity contribution is 8.00. The third kappa shape index (κ3) is 3.26. The lowest BCUT2D eigenvalue weighted by molar-refractivity contribution is 0.0993. The van der Waals surface area contributed by atoms with Crippen molar-refractivity contribution in [3.63, 3.8) is 0 Å². The molecule has 0 amide bonds. The standard InChI is InChI=1S/C22H22N4OS/c1-14(20(27)18-6-5-15-3-2-4-17(15)13-18)28-22-25-24-21(26(22)19-7-8-19)16-9-11-23-12-10-16/h5-6,9-14,19H,2-4,7-8H2,1H3. The average Bonchev–Trinajstić information content (AvgIpc) is 3.31. The van der Waals surface area contributed by atoms with Crippen LogP contribution < -0.4 is 0 Å². The summed E-state index contributed by atoms with van der Waals surface area (Å²) in [6.07, 6.45) is 9.23. The molecule has 0 bridgehead atoms. The van der Waals surface area contributed by atoms with Gasteiger partial charge in [0, 0.05) is 29.6 Å². The van der Waals surface area contributed by atoms with Crippen LogP contribution >= 0.6 is 11.8 Å². The van der Waals surface area contributed by atoms with Crippen molar-refractivity contribution < 1.29 is 4.79 Å². The molecule has 6 heteroatoms. The van der Waals surface area contributed by atoms with Crippen molar-refractivity contribution in [1.29, 1.82) is 0 Å². The summed E-state index contributed by atoms with van der Waals surface area (Å²) in [6, 6.07) is 10.5. The molecule has 1 atom stereocenters. The van der Waals surface area contributed by atoms with Gasteiger partial charge in [0.1, 0.15) is 0 Å². The Balaban J connectivity index is 1.40. The van der Waals surface area contributed by atoms with Gasteiger partial charge in [-0.1, -0.05) is 23.9 Å². The van der Waals surface area contributed by atoms with Crippen LogP contribution in [0.2, 0.25) is 0 Å². The molecule has 142 valence electrons. The normalized spacial score (nSPS) is 16.8. The predicted molar refractivity (Wildman–Crippen MR) is 110 cm³/mol. The largest absolute Gasteiger partial charge is 0.299 e. The van der Waals surface area contributed by atoms with E-state index < -0.39 is 0 Å². The molecule has 0 aliphatic heterocycles. The molecule has 0 N–H and O–H groups in total. The Bertz CT molecular complexity index is 1030. The van der Waals surface area contributed by atoms with Gasteiger partial charge in [-0.3, -0.25) is 14.3 Å². The van der Waals surface area contributed by atoms with E-state index in [9.17, 15) is 4.79 Å². The molecule has 1 unspecified atom stereocenters. The summed E-state index contributed by atoms with van der Waals surface area (Å²) in [5.41, 5.74) is 4.56. The van der Waals surface area contributed by atoms with Crippen LogP contribution in [0, 0.1) is 0 Å². The number of pyridine rings is 1. The van der Waals surface area contributed by atoms with E-state index in [1.807, 2.05) is 25.1 Å². The number of carbonyl (C=O) groups excluding carboxylic acids is 1. The molecule has 1 aromatic carbocycles. The number of aryl methyl sites for hydroxylation is 2. The summed E-state index contributed by atoms with van der Waals surface area (Å²) in [5.74, 6) is 1.03. The first-order valence-corrected chi connectivity index (χ1v) is 10.8. The number of nitrogens with zero attached hydrogens (tertiary/aromatic N) is 4. The summed E-state index contributed by atoms with van der Waals surface area (Å²) >= 11 is 1.51. The molecule has 2 heterocycles. The number of carbonyl (C=O) groups is 1.